The van der Waals surface area contributed by atoms with Gasteiger partial charge in [0.2, 0.25) is 0 Å². The zero-order chi connectivity index (χ0) is 13.0. The molecule has 18 heavy (non-hydrogen) atoms. The molecule has 0 radical (unpaired) electrons. The first-order valence-electron chi connectivity index (χ1n) is 5.99. The molecule has 2 rings (SSSR count). The van der Waals surface area contributed by atoms with Gasteiger partial charge in [-0.3, -0.25) is 0 Å². The van der Waals surface area contributed by atoms with Gasteiger partial charge in [0.25, 0.3) is 0 Å². The molecule has 0 aliphatic carbocycles. The number of nitrogens with zero attached hydrogens (tertiary/aromatic N) is 2. The van der Waals surface area contributed by atoms with E-state index in [1.807, 2.05) is 26.0 Å². The van der Waals surface area contributed by atoms with Gasteiger partial charge in [-0.05, 0) is 37.2 Å². The molecule has 0 saturated heterocycles. The summed E-state index contributed by atoms with van der Waals surface area (Å²) in [6.07, 6.45) is 1.72. The maximum Gasteiger partial charge on any atom is 0.125 e. The molecule has 0 amide bonds. The van der Waals surface area contributed by atoms with Gasteiger partial charge in [-0.25, -0.2) is 14.4 Å². The molecule has 1 N–H and O–H groups in total. The van der Waals surface area contributed by atoms with Crippen LogP contribution in [0.2, 0.25) is 0 Å². The molecule has 1 aromatic carbocycles. The Labute approximate surface area is 106 Å². The molecule has 2 aromatic rings. The Kier molecular flexibility index (Phi) is 3.99. The normalized spacial score (nSPS) is 12.4. The number of benzene rings is 1. The predicted octanol–water partition coefficient (Wildman–Crippen LogP) is 2.62. The Morgan fingerprint density at radius 2 is 2.17 bits per heavy atom. The van der Waals surface area contributed by atoms with Gasteiger partial charge in [-0.2, -0.15) is 0 Å². The number of hydrogen-bond donors (Lipinski definition) is 1. The standard InChI is InChI=1S/C14H16FN3/c1-3-16-14(11-5-4-6-12(15)9-11)13-7-8-17-10(2)18-13/h4-9,14,16H,3H2,1-2H3. The fraction of sp³-hybridized carbons (Fsp3) is 0.286. The fourth-order valence-corrected chi connectivity index (χ4v) is 1.92. The third kappa shape index (κ3) is 2.90. The number of halogens is 1. The predicted molar refractivity (Wildman–Crippen MR) is 68.7 cm³/mol. The van der Waals surface area contributed by atoms with Gasteiger partial charge < -0.3 is 5.32 Å². The van der Waals surface area contributed by atoms with E-state index in [1.165, 1.54) is 12.1 Å². The summed E-state index contributed by atoms with van der Waals surface area (Å²) in [4.78, 5) is 8.48. The summed E-state index contributed by atoms with van der Waals surface area (Å²) in [5.74, 6) is 0.480. The molecule has 0 spiro atoms. The van der Waals surface area contributed by atoms with Gasteiger partial charge in [-0.1, -0.05) is 19.1 Å². The first-order valence-corrected chi connectivity index (χ1v) is 5.99. The summed E-state index contributed by atoms with van der Waals surface area (Å²) < 4.78 is 13.3. The van der Waals surface area contributed by atoms with Crippen molar-refractivity contribution in [1.29, 1.82) is 0 Å². The highest BCUT2D eigenvalue weighted by Gasteiger charge is 2.15. The van der Waals surface area contributed by atoms with Crippen molar-refractivity contribution in [3.05, 3.63) is 59.4 Å². The summed E-state index contributed by atoms with van der Waals surface area (Å²) in [5, 5.41) is 3.31. The lowest BCUT2D eigenvalue weighted by Crippen LogP contribution is -2.23. The van der Waals surface area contributed by atoms with E-state index in [0.717, 1.165) is 17.8 Å². The van der Waals surface area contributed by atoms with E-state index >= 15 is 0 Å². The molecule has 4 heteroatoms. The summed E-state index contributed by atoms with van der Waals surface area (Å²) in [6.45, 7) is 4.64. The van der Waals surface area contributed by atoms with Crippen molar-refractivity contribution in [2.45, 2.75) is 19.9 Å². The van der Waals surface area contributed by atoms with Gasteiger partial charge in [0.1, 0.15) is 11.6 Å². The molecular formula is C14H16FN3. The maximum absolute atomic E-state index is 13.3. The number of aryl methyl sites for hydroxylation is 1. The van der Waals surface area contributed by atoms with Gasteiger partial charge in [0.15, 0.2) is 0 Å². The van der Waals surface area contributed by atoms with Crippen LogP contribution in [-0.2, 0) is 0 Å². The number of nitrogens with one attached hydrogen (secondary N) is 1. The lowest BCUT2D eigenvalue weighted by molar-refractivity contribution is 0.593. The van der Waals surface area contributed by atoms with Crippen LogP contribution in [0.3, 0.4) is 0 Å². The third-order valence-corrected chi connectivity index (χ3v) is 2.68. The number of rotatable bonds is 4. The monoisotopic (exact) mass is 245 g/mol. The minimum Gasteiger partial charge on any atom is -0.305 e. The smallest absolute Gasteiger partial charge is 0.125 e. The molecule has 3 nitrogen and oxygen atoms in total. The van der Waals surface area contributed by atoms with Crippen LogP contribution in [0.5, 0.6) is 0 Å². The molecule has 0 fully saturated rings. The van der Waals surface area contributed by atoms with Crippen molar-refractivity contribution in [1.82, 2.24) is 15.3 Å². The maximum atomic E-state index is 13.3. The Balaban J connectivity index is 2.39. The van der Waals surface area contributed by atoms with Crippen molar-refractivity contribution in [2.24, 2.45) is 0 Å². The lowest BCUT2D eigenvalue weighted by Gasteiger charge is -2.18. The minimum atomic E-state index is -0.235. The van der Waals surface area contributed by atoms with Crippen LogP contribution in [0.15, 0.2) is 36.5 Å². The van der Waals surface area contributed by atoms with Crippen LogP contribution in [0.4, 0.5) is 4.39 Å². The zero-order valence-corrected chi connectivity index (χ0v) is 10.5. The average Bonchev–Trinajstić information content (AvgIpc) is 2.36. The quantitative estimate of drug-likeness (QED) is 0.899. The Morgan fingerprint density at radius 1 is 1.33 bits per heavy atom. The van der Waals surface area contributed by atoms with E-state index in [2.05, 4.69) is 15.3 Å². The molecule has 0 saturated carbocycles. The van der Waals surface area contributed by atoms with Gasteiger partial charge in [0, 0.05) is 6.20 Å². The second-order valence-corrected chi connectivity index (χ2v) is 4.07. The second kappa shape index (κ2) is 5.69. The molecule has 0 bridgehead atoms. The third-order valence-electron chi connectivity index (χ3n) is 2.68. The SMILES string of the molecule is CCNC(c1cccc(F)c1)c1ccnc(C)n1. The zero-order valence-electron chi connectivity index (χ0n) is 10.5. The van der Waals surface area contributed by atoms with Crippen molar-refractivity contribution in [2.75, 3.05) is 6.54 Å². The van der Waals surface area contributed by atoms with E-state index in [-0.39, 0.29) is 11.9 Å². The van der Waals surface area contributed by atoms with E-state index in [4.69, 9.17) is 0 Å². The molecule has 0 aliphatic heterocycles. The molecule has 1 aromatic heterocycles. The van der Waals surface area contributed by atoms with Crippen LogP contribution in [0, 0.1) is 12.7 Å². The largest absolute Gasteiger partial charge is 0.305 e. The molecule has 1 atom stereocenters. The van der Waals surface area contributed by atoms with Gasteiger partial charge >= 0.3 is 0 Å². The topological polar surface area (TPSA) is 37.8 Å². The first-order chi connectivity index (χ1) is 8.70. The van der Waals surface area contributed by atoms with Crippen LogP contribution in [0.1, 0.15) is 30.0 Å². The molecule has 0 aliphatic rings. The number of aromatic nitrogens is 2. The Hall–Kier alpha value is -1.81. The Bertz CT molecular complexity index is 482. The summed E-state index contributed by atoms with van der Waals surface area (Å²) in [6, 6.07) is 8.33. The molecule has 1 heterocycles. The minimum absolute atomic E-state index is 0.104. The van der Waals surface area contributed by atoms with Crippen LogP contribution in [-0.4, -0.2) is 16.5 Å². The number of hydrogen-bond acceptors (Lipinski definition) is 3. The fourth-order valence-electron chi connectivity index (χ4n) is 1.92. The molecular weight excluding hydrogens is 229 g/mol. The lowest BCUT2D eigenvalue weighted by atomic mass is 10.0. The van der Waals surface area contributed by atoms with Gasteiger partial charge in [-0.15, -0.1) is 0 Å². The summed E-state index contributed by atoms with van der Waals surface area (Å²) >= 11 is 0. The van der Waals surface area contributed by atoms with Crippen LogP contribution >= 0.6 is 0 Å². The van der Waals surface area contributed by atoms with E-state index in [0.29, 0.717) is 5.82 Å². The summed E-state index contributed by atoms with van der Waals surface area (Å²) in [7, 11) is 0. The van der Waals surface area contributed by atoms with Crippen LogP contribution < -0.4 is 5.32 Å². The van der Waals surface area contributed by atoms with E-state index < -0.39 is 0 Å². The van der Waals surface area contributed by atoms with Crippen molar-refractivity contribution in [3.63, 3.8) is 0 Å². The van der Waals surface area contributed by atoms with Gasteiger partial charge in [0.05, 0.1) is 11.7 Å². The van der Waals surface area contributed by atoms with Crippen molar-refractivity contribution >= 4 is 0 Å². The van der Waals surface area contributed by atoms with Crippen LogP contribution in [0.25, 0.3) is 0 Å². The van der Waals surface area contributed by atoms with Crippen molar-refractivity contribution in [3.8, 4) is 0 Å². The Morgan fingerprint density at radius 3 is 2.83 bits per heavy atom. The van der Waals surface area contributed by atoms with Crippen molar-refractivity contribution < 1.29 is 4.39 Å². The van der Waals surface area contributed by atoms with E-state index in [9.17, 15) is 4.39 Å². The first kappa shape index (κ1) is 12.6. The average molecular weight is 245 g/mol. The second-order valence-electron chi connectivity index (χ2n) is 4.07. The molecule has 1 unspecified atom stereocenters. The highest BCUT2D eigenvalue weighted by molar-refractivity contribution is 5.27. The highest BCUT2D eigenvalue weighted by Crippen LogP contribution is 2.20. The van der Waals surface area contributed by atoms with E-state index in [1.54, 1.807) is 12.3 Å². The highest BCUT2D eigenvalue weighted by atomic mass is 19.1. The molecule has 94 valence electrons. The summed E-state index contributed by atoms with van der Waals surface area (Å²) in [5.41, 5.74) is 1.73.